The Labute approximate surface area is 125 Å². The lowest BCUT2D eigenvalue weighted by atomic mass is 10.3. The van der Waals surface area contributed by atoms with Gasteiger partial charge in [-0.1, -0.05) is 6.07 Å². The van der Waals surface area contributed by atoms with E-state index in [1.165, 1.54) is 0 Å². The molecule has 6 heteroatoms. The van der Waals surface area contributed by atoms with Crippen molar-refractivity contribution < 1.29 is 24.4 Å². The highest BCUT2D eigenvalue weighted by Gasteiger charge is 2.05. The van der Waals surface area contributed by atoms with Gasteiger partial charge < -0.3 is 29.7 Å². The number of hydrogen-bond donors (Lipinski definition) is 3. The molecule has 0 aliphatic rings. The van der Waals surface area contributed by atoms with Crippen LogP contribution in [0.4, 0.5) is 0 Å². The Hall–Kier alpha value is -1.34. The van der Waals surface area contributed by atoms with E-state index in [4.69, 9.17) is 19.3 Å². The van der Waals surface area contributed by atoms with Crippen LogP contribution >= 0.6 is 0 Å². The van der Waals surface area contributed by atoms with Crippen LogP contribution in [0.2, 0.25) is 0 Å². The summed E-state index contributed by atoms with van der Waals surface area (Å²) in [5, 5.41) is 21.5. The molecule has 0 bridgehead atoms. The Bertz CT molecular complexity index is 375. The number of nitrogens with one attached hydrogen (secondary N) is 1. The van der Waals surface area contributed by atoms with Gasteiger partial charge in [-0.05, 0) is 25.1 Å². The summed E-state index contributed by atoms with van der Waals surface area (Å²) in [6, 6.07) is 7.27. The molecule has 120 valence electrons. The first kappa shape index (κ1) is 17.7. The molecule has 3 N–H and O–H groups in total. The average Bonchev–Trinajstić information content (AvgIpc) is 2.52. The molecule has 1 aromatic rings. The van der Waals surface area contributed by atoms with Crippen LogP contribution in [0.1, 0.15) is 6.42 Å². The number of benzene rings is 1. The van der Waals surface area contributed by atoms with E-state index in [0.29, 0.717) is 25.5 Å². The predicted octanol–water partition coefficient (Wildman–Crippen LogP) is 0.423. The molecule has 6 nitrogen and oxygen atoms in total. The summed E-state index contributed by atoms with van der Waals surface area (Å²) in [5.41, 5.74) is 0. The molecular formula is C15H25NO5. The SMILES string of the molecule is COc1cccc(OCC(O)CNCCCOCCO)c1. The molecule has 1 atom stereocenters. The molecule has 0 radical (unpaired) electrons. The van der Waals surface area contributed by atoms with Gasteiger partial charge in [0.05, 0.1) is 20.3 Å². The van der Waals surface area contributed by atoms with Gasteiger partial charge in [-0.2, -0.15) is 0 Å². The van der Waals surface area contributed by atoms with Crippen LogP contribution < -0.4 is 14.8 Å². The molecule has 0 fully saturated rings. The number of ether oxygens (including phenoxy) is 3. The van der Waals surface area contributed by atoms with E-state index in [1.54, 1.807) is 13.2 Å². The Morgan fingerprint density at radius 1 is 1.24 bits per heavy atom. The summed E-state index contributed by atoms with van der Waals surface area (Å²) in [6.07, 6.45) is 0.262. The van der Waals surface area contributed by atoms with Crippen LogP contribution in [-0.2, 0) is 4.74 Å². The normalized spacial score (nSPS) is 12.1. The van der Waals surface area contributed by atoms with E-state index in [0.717, 1.165) is 18.7 Å². The van der Waals surface area contributed by atoms with Crippen LogP contribution in [0.3, 0.4) is 0 Å². The minimum absolute atomic E-state index is 0.0494. The van der Waals surface area contributed by atoms with Gasteiger partial charge >= 0.3 is 0 Å². The first-order valence-electron chi connectivity index (χ1n) is 7.10. The Morgan fingerprint density at radius 3 is 2.81 bits per heavy atom. The lowest BCUT2D eigenvalue weighted by molar-refractivity contribution is 0.0875. The summed E-state index contributed by atoms with van der Waals surface area (Å²) in [7, 11) is 1.60. The molecule has 1 rings (SSSR count). The topological polar surface area (TPSA) is 80.2 Å². The van der Waals surface area contributed by atoms with Crippen LogP contribution in [0, 0.1) is 0 Å². The molecule has 0 spiro atoms. The quantitative estimate of drug-likeness (QED) is 0.486. The van der Waals surface area contributed by atoms with E-state index in [-0.39, 0.29) is 13.2 Å². The van der Waals surface area contributed by atoms with Crippen molar-refractivity contribution in [2.75, 3.05) is 46.6 Å². The van der Waals surface area contributed by atoms with Crippen LogP contribution in [0.25, 0.3) is 0 Å². The van der Waals surface area contributed by atoms with Gasteiger partial charge in [0.1, 0.15) is 24.2 Å². The number of aliphatic hydroxyl groups is 2. The maximum Gasteiger partial charge on any atom is 0.123 e. The predicted molar refractivity (Wildman–Crippen MR) is 79.9 cm³/mol. The zero-order valence-corrected chi connectivity index (χ0v) is 12.5. The van der Waals surface area contributed by atoms with Gasteiger partial charge in [0.2, 0.25) is 0 Å². The Kier molecular flexibility index (Phi) is 9.56. The van der Waals surface area contributed by atoms with Crippen molar-refractivity contribution in [3.8, 4) is 11.5 Å². The van der Waals surface area contributed by atoms with Crippen LogP contribution in [0.5, 0.6) is 11.5 Å². The summed E-state index contributed by atoms with van der Waals surface area (Å²) in [5.74, 6) is 1.40. The highest BCUT2D eigenvalue weighted by Crippen LogP contribution is 2.18. The van der Waals surface area contributed by atoms with Crippen molar-refractivity contribution in [2.24, 2.45) is 0 Å². The van der Waals surface area contributed by atoms with E-state index in [2.05, 4.69) is 5.32 Å². The largest absolute Gasteiger partial charge is 0.497 e. The molecule has 0 amide bonds. The van der Waals surface area contributed by atoms with Crippen LogP contribution in [0.15, 0.2) is 24.3 Å². The zero-order chi connectivity index (χ0) is 15.3. The van der Waals surface area contributed by atoms with E-state index in [9.17, 15) is 5.11 Å². The summed E-state index contributed by atoms with van der Waals surface area (Å²) in [4.78, 5) is 0. The highest BCUT2D eigenvalue weighted by atomic mass is 16.5. The summed E-state index contributed by atoms with van der Waals surface area (Å²) < 4.78 is 15.7. The fourth-order valence-electron chi connectivity index (χ4n) is 1.68. The molecule has 0 heterocycles. The van der Waals surface area contributed by atoms with Crippen molar-refractivity contribution in [3.05, 3.63) is 24.3 Å². The van der Waals surface area contributed by atoms with E-state index >= 15 is 0 Å². The molecular weight excluding hydrogens is 274 g/mol. The molecule has 1 unspecified atom stereocenters. The Balaban J connectivity index is 2.06. The maximum absolute atomic E-state index is 9.79. The van der Waals surface area contributed by atoms with Gasteiger partial charge in [-0.3, -0.25) is 0 Å². The third kappa shape index (κ3) is 8.52. The number of methoxy groups -OCH3 is 1. The summed E-state index contributed by atoms with van der Waals surface area (Å²) >= 11 is 0. The minimum Gasteiger partial charge on any atom is -0.497 e. The molecule has 0 aromatic heterocycles. The number of aliphatic hydroxyl groups excluding tert-OH is 2. The van der Waals surface area contributed by atoms with Crippen molar-refractivity contribution in [1.82, 2.24) is 5.32 Å². The van der Waals surface area contributed by atoms with Crippen molar-refractivity contribution >= 4 is 0 Å². The van der Waals surface area contributed by atoms with Gasteiger partial charge in [-0.15, -0.1) is 0 Å². The van der Waals surface area contributed by atoms with Crippen LogP contribution in [-0.4, -0.2) is 62.9 Å². The zero-order valence-electron chi connectivity index (χ0n) is 12.5. The second-order valence-electron chi connectivity index (χ2n) is 4.54. The molecule has 0 aliphatic carbocycles. The first-order valence-corrected chi connectivity index (χ1v) is 7.10. The minimum atomic E-state index is -0.574. The maximum atomic E-state index is 9.79. The fourth-order valence-corrected chi connectivity index (χ4v) is 1.68. The van der Waals surface area contributed by atoms with Gasteiger partial charge in [0.25, 0.3) is 0 Å². The fraction of sp³-hybridized carbons (Fsp3) is 0.600. The molecule has 0 saturated heterocycles. The monoisotopic (exact) mass is 299 g/mol. The summed E-state index contributed by atoms with van der Waals surface area (Å²) in [6.45, 7) is 2.46. The van der Waals surface area contributed by atoms with Gasteiger partial charge in [0, 0.05) is 19.2 Å². The first-order chi connectivity index (χ1) is 10.3. The second-order valence-corrected chi connectivity index (χ2v) is 4.54. The van der Waals surface area contributed by atoms with E-state index < -0.39 is 6.10 Å². The van der Waals surface area contributed by atoms with E-state index in [1.807, 2.05) is 18.2 Å². The lowest BCUT2D eigenvalue weighted by Gasteiger charge is -2.13. The highest BCUT2D eigenvalue weighted by molar-refractivity contribution is 5.32. The number of hydrogen-bond acceptors (Lipinski definition) is 6. The molecule has 1 aromatic carbocycles. The molecule has 21 heavy (non-hydrogen) atoms. The lowest BCUT2D eigenvalue weighted by Crippen LogP contribution is -2.32. The van der Waals surface area contributed by atoms with Gasteiger partial charge in [-0.25, -0.2) is 0 Å². The Morgan fingerprint density at radius 2 is 2.05 bits per heavy atom. The van der Waals surface area contributed by atoms with Crippen molar-refractivity contribution in [1.29, 1.82) is 0 Å². The standard InChI is InChI=1S/C15H25NO5/c1-19-14-4-2-5-15(10-14)21-12-13(18)11-16-6-3-8-20-9-7-17/h2,4-5,10,13,16-18H,3,6-9,11-12H2,1H3. The van der Waals surface area contributed by atoms with Crippen molar-refractivity contribution in [2.45, 2.75) is 12.5 Å². The number of rotatable bonds is 12. The third-order valence-corrected chi connectivity index (χ3v) is 2.74. The average molecular weight is 299 g/mol. The van der Waals surface area contributed by atoms with Crippen molar-refractivity contribution in [3.63, 3.8) is 0 Å². The van der Waals surface area contributed by atoms with Gasteiger partial charge in [0.15, 0.2) is 0 Å². The second kappa shape index (κ2) is 11.3. The molecule has 0 saturated carbocycles. The third-order valence-electron chi connectivity index (χ3n) is 2.74. The molecule has 0 aliphatic heterocycles. The smallest absolute Gasteiger partial charge is 0.123 e.